The lowest BCUT2D eigenvalue weighted by molar-refractivity contribution is -0.302. The number of hydrogen-bond donors (Lipinski definition) is 2. The van der Waals surface area contributed by atoms with Gasteiger partial charge in [0.2, 0.25) is 5.79 Å². The Morgan fingerprint density at radius 3 is 2.25 bits per heavy atom. The number of piperidine rings is 1. The second kappa shape index (κ2) is 21.4. The van der Waals surface area contributed by atoms with Gasteiger partial charge in [-0.3, -0.25) is 14.4 Å². The Hall–Kier alpha value is -2.19. The Morgan fingerprint density at radius 2 is 1.61 bits per heavy atom. The van der Waals surface area contributed by atoms with Crippen LogP contribution in [0.4, 0.5) is 0 Å². The normalized spacial score (nSPS) is 40.1. The molecule has 3 fully saturated rings. The topological polar surface area (TPSA) is 158 Å². The molecular weight excluding hydrogens is 754 g/mol. The van der Waals surface area contributed by atoms with Gasteiger partial charge >= 0.3 is 5.97 Å². The molecule has 1 amide bonds. The SMILES string of the molecule is CC[C@H]1CC(C)=C[C@@H](CC)C(=O)C[C@H](O)[C@@H](C)[C@@H](/C(C)=C/[C@@H]2CC[C@H](Cl)[C@H](OC)C2)OC(=O)[C@@H]2CCCCN2C(=O)C(=O)C2(O)O[C@H]([C@@H](OC)C1)[C@@H](OC)C[C@H]2C. The third-order valence-electron chi connectivity index (χ3n) is 13.3. The summed E-state index contributed by atoms with van der Waals surface area (Å²) >= 11 is 6.53. The van der Waals surface area contributed by atoms with Gasteiger partial charge in [0, 0.05) is 52.0 Å². The molecule has 3 aliphatic heterocycles. The predicted molar refractivity (Wildman–Crippen MR) is 216 cm³/mol. The first-order valence-corrected chi connectivity index (χ1v) is 21.7. The van der Waals surface area contributed by atoms with E-state index in [0.29, 0.717) is 44.1 Å². The van der Waals surface area contributed by atoms with E-state index in [1.165, 1.54) is 4.90 Å². The molecule has 12 nitrogen and oxygen atoms in total. The summed E-state index contributed by atoms with van der Waals surface area (Å²) < 4.78 is 30.0. The van der Waals surface area contributed by atoms with Gasteiger partial charge in [-0.1, -0.05) is 51.8 Å². The van der Waals surface area contributed by atoms with Crippen molar-refractivity contribution >= 4 is 35.0 Å². The predicted octanol–water partition coefficient (Wildman–Crippen LogP) is 6.11. The zero-order valence-electron chi connectivity index (χ0n) is 35.7. The number of hydrogen-bond acceptors (Lipinski definition) is 11. The van der Waals surface area contributed by atoms with Gasteiger partial charge in [-0.15, -0.1) is 11.6 Å². The fourth-order valence-corrected chi connectivity index (χ4v) is 9.84. The maximum atomic E-state index is 14.3. The molecule has 0 radical (unpaired) electrons. The maximum Gasteiger partial charge on any atom is 0.329 e. The van der Waals surface area contributed by atoms with Gasteiger partial charge in [-0.05, 0) is 95.5 Å². The van der Waals surface area contributed by atoms with Crippen molar-refractivity contribution in [2.75, 3.05) is 27.9 Å². The average Bonchev–Trinajstić information content (AvgIpc) is 3.20. The second-order valence-corrected chi connectivity index (χ2v) is 17.8. The summed E-state index contributed by atoms with van der Waals surface area (Å²) in [6.45, 7) is 11.4. The van der Waals surface area contributed by atoms with E-state index >= 15 is 0 Å². The van der Waals surface area contributed by atoms with Gasteiger partial charge in [0.05, 0.1) is 29.8 Å². The molecular formula is C44H70ClNO11. The van der Waals surface area contributed by atoms with Crippen LogP contribution in [0.2, 0.25) is 0 Å². The van der Waals surface area contributed by atoms with Crippen molar-refractivity contribution in [1.82, 2.24) is 4.90 Å². The van der Waals surface area contributed by atoms with Crippen molar-refractivity contribution in [2.45, 2.75) is 172 Å². The highest BCUT2D eigenvalue weighted by Gasteiger charge is 2.56. The molecule has 0 aromatic heterocycles. The molecule has 13 heteroatoms. The number of esters is 1. The molecule has 1 saturated carbocycles. The molecule has 4 rings (SSSR count). The van der Waals surface area contributed by atoms with E-state index in [4.69, 9.17) is 35.3 Å². The van der Waals surface area contributed by atoms with Crippen molar-refractivity contribution in [1.29, 1.82) is 0 Å². The number of aliphatic hydroxyl groups is 2. The smallest absolute Gasteiger partial charge is 0.329 e. The number of amides is 1. The minimum Gasteiger partial charge on any atom is -0.456 e. The van der Waals surface area contributed by atoms with Crippen molar-refractivity contribution in [3.8, 4) is 0 Å². The van der Waals surface area contributed by atoms with Crippen molar-refractivity contribution in [3.05, 3.63) is 23.3 Å². The number of cyclic esters (lactones) is 1. The Kier molecular flexibility index (Phi) is 17.8. The van der Waals surface area contributed by atoms with E-state index in [1.54, 1.807) is 35.2 Å². The molecule has 2 bridgehead atoms. The molecule has 3 heterocycles. The minimum absolute atomic E-state index is 0.0761. The molecule has 2 saturated heterocycles. The first kappa shape index (κ1) is 47.5. The highest BCUT2D eigenvalue weighted by molar-refractivity contribution is 6.39. The van der Waals surface area contributed by atoms with E-state index in [0.717, 1.165) is 24.8 Å². The molecule has 1 aliphatic carbocycles. The van der Waals surface area contributed by atoms with Gasteiger partial charge < -0.3 is 38.8 Å². The molecule has 0 aromatic carbocycles. The summed E-state index contributed by atoms with van der Waals surface area (Å²) in [7, 11) is 4.74. The number of allylic oxidation sites excluding steroid dienone is 3. The van der Waals surface area contributed by atoms with Crippen LogP contribution in [0, 0.1) is 29.6 Å². The number of carbonyl (C=O) groups excluding carboxylic acids is 4. The Bertz CT molecular complexity index is 1450. The number of carbonyl (C=O) groups is 4. The third-order valence-corrected chi connectivity index (χ3v) is 13.8. The van der Waals surface area contributed by atoms with Gasteiger partial charge in [0.15, 0.2) is 0 Å². The van der Waals surface area contributed by atoms with E-state index < -0.39 is 77.8 Å². The summed E-state index contributed by atoms with van der Waals surface area (Å²) in [5, 5.41) is 23.7. The van der Waals surface area contributed by atoms with Gasteiger partial charge in [0.1, 0.15) is 24.0 Å². The van der Waals surface area contributed by atoms with Crippen LogP contribution in [0.5, 0.6) is 0 Å². The van der Waals surface area contributed by atoms with Crippen molar-refractivity contribution < 1.29 is 53.1 Å². The number of aliphatic hydroxyl groups excluding tert-OH is 1. The summed E-state index contributed by atoms with van der Waals surface area (Å²) in [6.07, 6.45) is 6.03. The number of halogens is 1. The van der Waals surface area contributed by atoms with Crippen LogP contribution in [-0.4, -0.2) is 120 Å². The van der Waals surface area contributed by atoms with E-state index in [-0.39, 0.29) is 54.9 Å². The van der Waals surface area contributed by atoms with Gasteiger partial charge in [-0.25, -0.2) is 4.79 Å². The van der Waals surface area contributed by atoms with Gasteiger partial charge in [-0.2, -0.15) is 0 Å². The monoisotopic (exact) mass is 823 g/mol. The van der Waals surface area contributed by atoms with Gasteiger partial charge in [0.25, 0.3) is 11.7 Å². The first-order valence-electron chi connectivity index (χ1n) is 21.3. The number of nitrogens with zero attached hydrogens (tertiary/aromatic N) is 1. The van der Waals surface area contributed by atoms with Crippen LogP contribution in [0.15, 0.2) is 23.3 Å². The maximum absolute atomic E-state index is 14.3. The number of rotatable bonds is 7. The van der Waals surface area contributed by atoms with Crippen LogP contribution in [0.3, 0.4) is 0 Å². The third kappa shape index (κ3) is 11.3. The number of Topliss-reactive ketones (excluding diaryl/α,β-unsaturated/α-hetero) is 2. The van der Waals surface area contributed by atoms with E-state index in [2.05, 4.69) is 6.92 Å². The lowest BCUT2D eigenvalue weighted by Crippen LogP contribution is -2.64. The quantitative estimate of drug-likeness (QED) is 0.132. The largest absolute Gasteiger partial charge is 0.456 e. The second-order valence-electron chi connectivity index (χ2n) is 17.3. The zero-order valence-corrected chi connectivity index (χ0v) is 36.5. The molecule has 0 spiro atoms. The van der Waals surface area contributed by atoms with Crippen molar-refractivity contribution in [3.63, 3.8) is 0 Å². The fourth-order valence-electron chi connectivity index (χ4n) is 9.51. The summed E-state index contributed by atoms with van der Waals surface area (Å²) in [6, 6.07) is -1.12. The Morgan fingerprint density at radius 1 is 0.947 bits per heavy atom. The number of ether oxygens (including phenoxy) is 5. The Labute approximate surface area is 345 Å². The molecule has 57 heavy (non-hydrogen) atoms. The highest BCUT2D eigenvalue weighted by atomic mass is 35.5. The Balaban J connectivity index is 1.78. The number of fused-ring (bicyclic) bond motifs is 3. The lowest BCUT2D eigenvalue weighted by Gasteiger charge is -2.47. The summed E-state index contributed by atoms with van der Waals surface area (Å²) in [5.74, 6) is -7.25. The number of alkyl halides is 1. The van der Waals surface area contributed by atoms with E-state index in [9.17, 15) is 29.4 Å². The van der Waals surface area contributed by atoms with Crippen molar-refractivity contribution in [2.24, 2.45) is 29.6 Å². The molecule has 14 atom stereocenters. The molecule has 2 N–H and O–H groups in total. The van der Waals surface area contributed by atoms with Crippen LogP contribution < -0.4 is 0 Å². The van der Waals surface area contributed by atoms with Crippen LogP contribution in [0.25, 0.3) is 0 Å². The number of ketones is 2. The van der Waals surface area contributed by atoms with Crippen LogP contribution >= 0.6 is 11.6 Å². The summed E-state index contributed by atoms with van der Waals surface area (Å²) in [5.41, 5.74) is 1.73. The molecule has 1 unspecified atom stereocenters. The average molecular weight is 824 g/mol. The molecule has 0 aromatic rings. The molecule has 324 valence electrons. The zero-order chi connectivity index (χ0) is 42.2. The fraction of sp³-hybridized carbons (Fsp3) is 0.818. The lowest BCUT2D eigenvalue weighted by atomic mass is 9.81. The minimum atomic E-state index is -2.49. The standard InChI is InChI=1S/C44H70ClNO11/c1-10-29-18-25(3)19-31(11-2)35(48)24-34(47)28(6)39(26(4)20-30-15-16-32(45)36(23-30)53-7)56-43(51)33-14-12-13-17-46(33)42(50)41(49)44(52)27(5)21-37(54-8)40(57-44)38(22-29)55-9/h19-20,27-34,36-40,47,52H,10-18,21-24H2,1-9H3/b25-19?,26-20+/t27-,28-,29+,30+,31-,32+,33+,34+,36-,37+,38+,39-,40+,44?/m1/s1. The molecule has 4 aliphatic rings. The number of methoxy groups -OCH3 is 3. The first-order chi connectivity index (χ1) is 27.0. The highest BCUT2D eigenvalue weighted by Crippen LogP contribution is 2.40. The van der Waals surface area contributed by atoms with E-state index in [1.807, 2.05) is 32.9 Å². The summed E-state index contributed by atoms with van der Waals surface area (Å²) in [4.78, 5) is 57.9. The van der Waals surface area contributed by atoms with Crippen LogP contribution in [0.1, 0.15) is 119 Å². The van der Waals surface area contributed by atoms with Crippen LogP contribution in [-0.2, 0) is 42.9 Å².